The predicted molar refractivity (Wildman–Crippen MR) is 154 cm³/mol. The maximum absolute atomic E-state index is 12.7. The third-order valence-electron chi connectivity index (χ3n) is 6.79. The van der Waals surface area contributed by atoms with Gasteiger partial charge in [-0.25, -0.2) is 4.79 Å². The highest BCUT2D eigenvalue weighted by atomic mass is 16.5. The number of carbonyl (C=O) groups is 1. The van der Waals surface area contributed by atoms with E-state index in [4.69, 9.17) is 23.7 Å². The van der Waals surface area contributed by atoms with Crippen LogP contribution in [0.2, 0.25) is 0 Å². The first-order valence-corrected chi connectivity index (χ1v) is 13.2. The fourth-order valence-electron chi connectivity index (χ4n) is 4.65. The Morgan fingerprint density at radius 2 is 1.32 bits per heavy atom. The number of rotatable bonds is 11. The Labute approximate surface area is 234 Å². The molecule has 0 bridgehead atoms. The molecule has 1 atom stereocenters. The molecule has 0 amide bonds. The molecule has 5 rings (SSSR count). The van der Waals surface area contributed by atoms with Gasteiger partial charge in [-0.05, 0) is 59.0 Å². The van der Waals surface area contributed by atoms with Gasteiger partial charge in [-0.15, -0.1) is 0 Å². The predicted octanol–water partition coefficient (Wildman–Crippen LogP) is 6.66. The van der Waals surface area contributed by atoms with Gasteiger partial charge in [-0.1, -0.05) is 72.8 Å². The van der Waals surface area contributed by atoms with E-state index in [-0.39, 0.29) is 11.9 Å². The summed E-state index contributed by atoms with van der Waals surface area (Å²) in [5, 5.41) is 0. The molecule has 4 aromatic rings. The second-order valence-electron chi connectivity index (χ2n) is 9.54. The van der Waals surface area contributed by atoms with Gasteiger partial charge in [0.25, 0.3) is 0 Å². The van der Waals surface area contributed by atoms with Crippen molar-refractivity contribution in [1.29, 1.82) is 0 Å². The summed E-state index contributed by atoms with van der Waals surface area (Å²) in [5.74, 6) is 2.17. The van der Waals surface area contributed by atoms with Crippen LogP contribution in [-0.2, 0) is 29.2 Å². The van der Waals surface area contributed by atoms with Gasteiger partial charge in [0.15, 0.2) is 23.0 Å². The molecule has 40 heavy (non-hydrogen) atoms. The highest BCUT2D eigenvalue weighted by molar-refractivity contribution is 5.96. The number of methoxy groups -OCH3 is 2. The number of benzene rings is 4. The molecule has 1 fully saturated rings. The minimum absolute atomic E-state index is 0.0946. The van der Waals surface area contributed by atoms with Gasteiger partial charge in [0.05, 0.1) is 20.8 Å². The van der Waals surface area contributed by atoms with Crippen LogP contribution < -0.4 is 18.9 Å². The van der Waals surface area contributed by atoms with Crippen LogP contribution in [0, 0.1) is 5.92 Å². The monoisotopic (exact) mass is 536 g/mol. The van der Waals surface area contributed by atoms with E-state index in [1.54, 1.807) is 14.2 Å². The Morgan fingerprint density at radius 3 is 1.98 bits per heavy atom. The molecule has 0 aliphatic carbocycles. The van der Waals surface area contributed by atoms with E-state index in [1.165, 1.54) is 0 Å². The maximum atomic E-state index is 12.7. The Bertz CT molecular complexity index is 1460. The lowest BCUT2D eigenvalue weighted by molar-refractivity contribution is -0.135. The zero-order valence-corrected chi connectivity index (χ0v) is 22.7. The fraction of sp³-hybridized carbons (Fsp3) is 0.206. The van der Waals surface area contributed by atoms with Gasteiger partial charge in [0, 0.05) is 11.5 Å². The highest BCUT2D eigenvalue weighted by Gasteiger charge is 2.31. The van der Waals surface area contributed by atoms with Crippen molar-refractivity contribution in [3.8, 4) is 23.0 Å². The van der Waals surface area contributed by atoms with E-state index >= 15 is 0 Å². The van der Waals surface area contributed by atoms with Gasteiger partial charge in [0.1, 0.15) is 13.2 Å². The molecular formula is C34H32O6. The van der Waals surface area contributed by atoms with Crippen molar-refractivity contribution in [1.82, 2.24) is 0 Å². The van der Waals surface area contributed by atoms with Crippen LogP contribution >= 0.6 is 0 Å². The SMILES string of the molecule is COc1cc(/C=C2/C(=O)OCC2Cc2ccc(OC)c(OCc3ccccc3)c2)ccc1OCc1ccccc1. The molecule has 204 valence electrons. The molecule has 1 aliphatic heterocycles. The van der Waals surface area contributed by atoms with E-state index in [2.05, 4.69) is 0 Å². The number of cyclic esters (lactones) is 1. The van der Waals surface area contributed by atoms with Crippen molar-refractivity contribution < 1.29 is 28.5 Å². The van der Waals surface area contributed by atoms with Crippen molar-refractivity contribution in [2.45, 2.75) is 19.6 Å². The lowest BCUT2D eigenvalue weighted by atomic mass is 9.92. The number of carbonyl (C=O) groups excluding carboxylic acids is 1. The van der Waals surface area contributed by atoms with Gasteiger partial charge in [-0.2, -0.15) is 0 Å². The third kappa shape index (κ3) is 6.64. The number of ether oxygens (including phenoxy) is 5. The van der Waals surface area contributed by atoms with E-state index in [9.17, 15) is 4.79 Å². The second kappa shape index (κ2) is 12.9. The first-order valence-electron chi connectivity index (χ1n) is 13.2. The molecule has 0 radical (unpaired) electrons. The third-order valence-corrected chi connectivity index (χ3v) is 6.79. The minimum atomic E-state index is -0.303. The summed E-state index contributed by atoms with van der Waals surface area (Å²) in [7, 11) is 3.23. The largest absolute Gasteiger partial charge is 0.493 e. The Kier molecular flexibility index (Phi) is 8.66. The van der Waals surface area contributed by atoms with E-state index in [0.29, 0.717) is 54.8 Å². The zero-order chi connectivity index (χ0) is 27.7. The van der Waals surface area contributed by atoms with Crippen LogP contribution in [0.4, 0.5) is 0 Å². The van der Waals surface area contributed by atoms with Crippen molar-refractivity contribution in [2.75, 3.05) is 20.8 Å². The molecule has 0 aromatic heterocycles. The van der Waals surface area contributed by atoms with Crippen LogP contribution in [0.15, 0.2) is 103 Å². The maximum Gasteiger partial charge on any atom is 0.334 e. The Balaban J connectivity index is 1.31. The van der Waals surface area contributed by atoms with Gasteiger partial charge in [0.2, 0.25) is 0 Å². The van der Waals surface area contributed by atoms with Crippen LogP contribution in [0.25, 0.3) is 6.08 Å². The first kappa shape index (κ1) is 26.9. The molecule has 6 heteroatoms. The molecule has 0 saturated carbocycles. The van der Waals surface area contributed by atoms with Crippen molar-refractivity contribution >= 4 is 12.0 Å². The average molecular weight is 537 g/mol. The summed E-state index contributed by atoms with van der Waals surface area (Å²) in [6.45, 7) is 1.20. The average Bonchev–Trinajstić information content (AvgIpc) is 3.34. The van der Waals surface area contributed by atoms with Crippen molar-refractivity contribution in [3.63, 3.8) is 0 Å². The Morgan fingerprint density at radius 1 is 0.700 bits per heavy atom. The van der Waals surface area contributed by atoms with E-state index in [0.717, 1.165) is 22.3 Å². The molecule has 1 aliphatic rings. The minimum Gasteiger partial charge on any atom is -0.493 e. The van der Waals surface area contributed by atoms with Crippen LogP contribution in [0.3, 0.4) is 0 Å². The van der Waals surface area contributed by atoms with E-state index in [1.807, 2.05) is 103 Å². The van der Waals surface area contributed by atoms with Crippen LogP contribution in [0.5, 0.6) is 23.0 Å². The first-order chi connectivity index (χ1) is 19.6. The molecule has 1 unspecified atom stereocenters. The molecule has 6 nitrogen and oxygen atoms in total. The lowest BCUT2D eigenvalue weighted by Gasteiger charge is -2.14. The number of hydrogen-bond acceptors (Lipinski definition) is 6. The summed E-state index contributed by atoms with van der Waals surface area (Å²) < 4.78 is 28.6. The summed E-state index contributed by atoms with van der Waals surface area (Å²) in [6.07, 6.45) is 2.50. The lowest BCUT2D eigenvalue weighted by Crippen LogP contribution is -2.08. The quantitative estimate of drug-likeness (QED) is 0.158. The molecule has 4 aromatic carbocycles. The van der Waals surface area contributed by atoms with Gasteiger partial charge >= 0.3 is 5.97 Å². The van der Waals surface area contributed by atoms with E-state index < -0.39 is 0 Å². The molecule has 0 spiro atoms. The number of esters is 1. The zero-order valence-electron chi connectivity index (χ0n) is 22.7. The number of hydrogen-bond donors (Lipinski definition) is 0. The standard InChI is InChI=1S/C34H32O6/c1-36-30-15-13-26(20-33(30)39-22-25-11-7-4-8-12-25)17-28-23-40-34(35)29(28)18-27-14-16-31(32(19-27)37-2)38-21-24-9-5-3-6-10-24/h3-16,18-20,28H,17,21-23H2,1-2H3/b29-18+. The smallest absolute Gasteiger partial charge is 0.334 e. The van der Waals surface area contributed by atoms with Gasteiger partial charge < -0.3 is 23.7 Å². The normalized spacial score (nSPS) is 15.5. The van der Waals surface area contributed by atoms with Gasteiger partial charge in [-0.3, -0.25) is 0 Å². The fourth-order valence-corrected chi connectivity index (χ4v) is 4.65. The van der Waals surface area contributed by atoms with Crippen molar-refractivity contribution in [3.05, 3.63) is 125 Å². The van der Waals surface area contributed by atoms with Crippen molar-refractivity contribution in [2.24, 2.45) is 5.92 Å². The summed E-state index contributed by atoms with van der Waals surface area (Å²) >= 11 is 0. The summed E-state index contributed by atoms with van der Waals surface area (Å²) in [4.78, 5) is 12.7. The summed E-state index contributed by atoms with van der Waals surface area (Å²) in [5.41, 5.74) is 4.63. The highest BCUT2D eigenvalue weighted by Crippen LogP contribution is 2.34. The molecule has 0 N–H and O–H groups in total. The second-order valence-corrected chi connectivity index (χ2v) is 9.54. The van der Waals surface area contributed by atoms with Crippen LogP contribution in [0.1, 0.15) is 22.3 Å². The Hall–Kier alpha value is -4.71. The summed E-state index contributed by atoms with van der Waals surface area (Å²) in [6, 6.07) is 31.5. The topological polar surface area (TPSA) is 63.2 Å². The molecular weight excluding hydrogens is 504 g/mol. The molecule has 1 heterocycles. The van der Waals surface area contributed by atoms with Crippen LogP contribution in [-0.4, -0.2) is 26.8 Å². The molecule has 1 saturated heterocycles.